The van der Waals surface area contributed by atoms with Crippen molar-refractivity contribution >= 4 is 17.3 Å². The summed E-state index contributed by atoms with van der Waals surface area (Å²) in [4.78, 5) is 12.0. The first-order chi connectivity index (χ1) is 10.3. The van der Waals surface area contributed by atoms with Crippen molar-refractivity contribution in [2.45, 2.75) is 6.61 Å². The molecular formula is C18H14O2S. The fraction of sp³-hybridized carbons (Fsp3) is 0.0556. The molecule has 0 radical (unpaired) electrons. The number of ether oxygens (including phenoxy) is 1. The van der Waals surface area contributed by atoms with Crippen LogP contribution >= 0.6 is 11.3 Å². The number of benzene rings is 2. The van der Waals surface area contributed by atoms with Gasteiger partial charge in [-0.3, -0.25) is 0 Å². The highest BCUT2D eigenvalue weighted by atomic mass is 32.1. The van der Waals surface area contributed by atoms with E-state index in [4.69, 9.17) is 4.74 Å². The Morgan fingerprint density at radius 1 is 0.905 bits per heavy atom. The largest absolute Gasteiger partial charge is 0.457 e. The third-order valence-corrected chi connectivity index (χ3v) is 3.87. The van der Waals surface area contributed by atoms with Gasteiger partial charge in [0, 0.05) is 0 Å². The quantitative estimate of drug-likeness (QED) is 0.648. The molecule has 0 aliphatic heterocycles. The Hall–Kier alpha value is -2.39. The molecule has 0 amide bonds. The Kier molecular flexibility index (Phi) is 4.12. The van der Waals surface area contributed by atoms with Crippen LogP contribution in [0, 0.1) is 0 Å². The van der Waals surface area contributed by atoms with Gasteiger partial charge in [-0.05, 0) is 45.6 Å². The van der Waals surface area contributed by atoms with E-state index < -0.39 is 0 Å². The van der Waals surface area contributed by atoms with E-state index in [-0.39, 0.29) is 5.97 Å². The molecule has 0 unspecified atom stereocenters. The lowest BCUT2D eigenvalue weighted by molar-refractivity contribution is 0.0473. The number of carbonyl (C=O) groups is 1. The molecule has 0 fully saturated rings. The van der Waals surface area contributed by atoms with E-state index in [2.05, 4.69) is 11.4 Å². The molecule has 0 saturated carbocycles. The first-order valence-corrected chi connectivity index (χ1v) is 7.61. The lowest BCUT2D eigenvalue weighted by atomic mass is 10.1. The highest BCUT2D eigenvalue weighted by Crippen LogP contribution is 2.22. The maximum Gasteiger partial charge on any atom is 0.338 e. The number of hydrogen-bond acceptors (Lipinski definition) is 3. The first-order valence-electron chi connectivity index (χ1n) is 6.66. The minimum absolute atomic E-state index is 0.296. The van der Waals surface area contributed by atoms with Gasteiger partial charge in [0.25, 0.3) is 0 Å². The Morgan fingerprint density at radius 2 is 1.67 bits per heavy atom. The molecule has 21 heavy (non-hydrogen) atoms. The third-order valence-electron chi connectivity index (χ3n) is 3.19. The van der Waals surface area contributed by atoms with Gasteiger partial charge in [-0.15, -0.1) is 0 Å². The van der Waals surface area contributed by atoms with E-state index in [9.17, 15) is 4.79 Å². The predicted octanol–water partition coefficient (Wildman–Crippen LogP) is 4.77. The van der Waals surface area contributed by atoms with Crippen LogP contribution in [0.4, 0.5) is 0 Å². The van der Waals surface area contributed by atoms with Crippen molar-refractivity contribution in [2.24, 2.45) is 0 Å². The lowest BCUT2D eigenvalue weighted by Crippen LogP contribution is -2.04. The summed E-state index contributed by atoms with van der Waals surface area (Å²) in [5.74, 6) is -0.296. The average molecular weight is 294 g/mol. The number of carbonyl (C=O) groups excluding carboxylic acids is 1. The number of thiophene rings is 1. The van der Waals surface area contributed by atoms with Gasteiger partial charge in [-0.2, -0.15) is 11.3 Å². The van der Waals surface area contributed by atoms with E-state index in [0.717, 1.165) is 11.1 Å². The summed E-state index contributed by atoms with van der Waals surface area (Å²) in [6.45, 7) is 0.298. The molecule has 0 N–H and O–H groups in total. The molecule has 3 aromatic rings. The van der Waals surface area contributed by atoms with Gasteiger partial charge in [0.1, 0.15) is 6.61 Å². The number of rotatable bonds is 4. The van der Waals surface area contributed by atoms with Crippen molar-refractivity contribution < 1.29 is 9.53 Å². The molecule has 104 valence electrons. The third kappa shape index (κ3) is 3.38. The van der Waals surface area contributed by atoms with Gasteiger partial charge in [0.05, 0.1) is 5.56 Å². The van der Waals surface area contributed by atoms with Crippen molar-refractivity contribution in [3.8, 4) is 11.1 Å². The molecule has 2 nitrogen and oxygen atoms in total. The topological polar surface area (TPSA) is 26.3 Å². The van der Waals surface area contributed by atoms with Crippen LogP contribution in [0.25, 0.3) is 11.1 Å². The van der Waals surface area contributed by atoms with Crippen LogP contribution in [0.5, 0.6) is 0 Å². The zero-order chi connectivity index (χ0) is 14.5. The molecule has 0 aliphatic rings. The molecule has 0 bridgehead atoms. The van der Waals surface area contributed by atoms with E-state index in [0.29, 0.717) is 12.2 Å². The normalized spacial score (nSPS) is 10.3. The maximum absolute atomic E-state index is 12.0. The molecule has 3 heteroatoms. The second-order valence-corrected chi connectivity index (χ2v) is 5.43. The summed E-state index contributed by atoms with van der Waals surface area (Å²) < 4.78 is 5.31. The van der Waals surface area contributed by atoms with Gasteiger partial charge in [-0.25, -0.2) is 4.79 Å². The molecule has 2 aromatic carbocycles. The van der Waals surface area contributed by atoms with Crippen molar-refractivity contribution in [3.63, 3.8) is 0 Å². The Labute approximate surface area is 127 Å². The SMILES string of the molecule is O=C(OCc1ccccc1)c1ccc(-c2ccsc2)cc1. The van der Waals surface area contributed by atoms with Crippen LogP contribution in [-0.2, 0) is 11.3 Å². The van der Waals surface area contributed by atoms with E-state index in [1.54, 1.807) is 23.5 Å². The Balaban J connectivity index is 1.65. The lowest BCUT2D eigenvalue weighted by Gasteiger charge is -2.05. The highest BCUT2D eigenvalue weighted by Gasteiger charge is 2.07. The van der Waals surface area contributed by atoms with Crippen LogP contribution in [0.2, 0.25) is 0 Å². The van der Waals surface area contributed by atoms with Gasteiger partial charge in [0.2, 0.25) is 0 Å². The summed E-state index contributed by atoms with van der Waals surface area (Å²) >= 11 is 1.66. The minimum Gasteiger partial charge on any atom is -0.457 e. The summed E-state index contributed by atoms with van der Waals surface area (Å²) in [5.41, 5.74) is 3.84. The Morgan fingerprint density at radius 3 is 2.33 bits per heavy atom. The smallest absolute Gasteiger partial charge is 0.338 e. The zero-order valence-corrected chi connectivity index (χ0v) is 12.2. The second-order valence-electron chi connectivity index (χ2n) is 4.65. The molecule has 3 rings (SSSR count). The fourth-order valence-electron chi connectivity index (χ4n) is 2.03. The molecule has 0 aliphatic carbocycles. The molecule has 1 aromatic heterocycles. The van der Waals surface area contributed by atoms with Crippen LogP contribution in [0.3, 0.4) is 0 Å². The summed E-state index contributed by atoms with van der Waals surface area (Å²) in [5, 5.41) is 4.13. The van der Waals surface area contributed by atoms with E-state index in [1.165, 1.54) is 5.56 Å². The van der Waals surface area contributed by atoms with Crippen LogP contribution in [-0.4, -0.2) is 5.97 Å². The van der Waals surface area contributed by atoms with Crippen LogP contribution in [0.15, 0.2) is 71.4 Å². The maximum atomic E-state index is 12.0. The second kappa shape index (κ2) is 6.37. The summed E-state index contributed by atoms with van der Waals surface area (Å²) in [7, 11) is 0. The molecule has 1 heterocycles. The number of esters is 1. The zero-order valence-electron chi connectivity index (χ0n) is 11.4. The van der Waals surface area contributed by atoms with Gasteiger partial charge >= 0.3 is 5.97 Å². The van der Waals surface area contributed by atoms with Crippen molar-refractivity contribution in [1.29, 1.82) is 0 Å². The minimum atomic E-state index is -0.296. The van der Waals surface area contributed by atoms with Gasteiger partial charge in [0.15, 0.2) is 0 Å². The number of hydrogen-bond donors (Lipinski definition) is 0. The fourth-order valence-corrected chi connectivity index (χ4v) is 2.70. The monoisotopic (exact) mass is 294 g/mol. The standard InChI is InChI=1S/C18H14O2S/c19-18(20-12-14-4-2-1-3-5-14)16-8-6-15(7-9-16)17-10-11-21-13-17/h1-11,13H,12H2. The van der Waals surface area contributed by atoms with Gasteiger partial charge in [-0.1, -0.05) is 42.5 Å². The molecular weight excluding hydrogens is 280 g/mol. The molecule has 0 spiro atoms. The first kappa shape index (κ1) is 13.6. The van der Waals surface area contributed by atoms with Crippen LogP contribution < -0.4 is 0 Å². The summed E-state index contributed by atoms with van der Waals surface area (Å²) in [6.07, 6.45) is 0. The van der Waals surface area contributed by atoms with E-state index >= 15 is 0 Å². The highest BCUT2D eigenvalue weighted by molar-refractivity contribution is 7.08. The van der Waals surface area contributed by atoms with E-state index in [1.807, 2.05) is 47.8 Å². The average Bonchev–Trinajstić information content (AvgIpc) is 3.08. The van der Waals surface area contributed by atoms with Crippen molar-refractivity contribution in [2.75, 3.05) is 0 Å². The molecule has 0 saturated heterocycles. The Bertz CT molecular complexity index is 701. The van der Waals surface area contributed by atoms with Crippen LogP contribution in [0.1, 0.15) is 15.9 Å². The summed E-state index contributed by atoms with van der Waals surface area (Å²) in [6, 6.07) is 19.2. The van der Waals surface area contributed by atoms with Crippen molar-refractivity contribution in [1.82, 2.24) is 0 Å². The predicted molar refractivity (Wildman–Crippen MR) is 85.3 cm³/mol. The van der Waals surface area contributed by atoms with Gasteiger partial charge < -0.3 is 4.74 Å². The molecule has 0 atom stereocenters. The van der Waals surface area contributed by atoms with Crippen molar-refractivity contribution in [3.05, 3.63) is 82.6 Å².